The number of anilines is 1. The minimum absolute atomic E-state index is 0.127. The number of benzene rings is 2. The van der Waals surface area contributed by atoms with E-state index in [0.717, 1.165) is 42.3 Å². The Balaban J connectivity index is 1.39. The molecule has 5 heteroatoms. The molecule has 1 spiro atoms. The maximum atomic E-state index is 12.8. The highest BCUT2D eigenvalue weighted by Crippen LogP contribution is 2.46. The van der Waals surface area contributed by atoms with Crippen molar-refractivity contribution in [1.29, 1.82) is 0 Å². The van der Waals surface area contributed by atoms with Crippen molar-refractivity contribution in [2.45, 2.75) is 37.9 Å². The molecule has 0 atom stereocenters. The number of para-hydroxylation sites is 1. The second-order valence-electron chi connectivity index (χ2n) is 7.46. The lowest BCUT2D eigenvalue weighted by atomic mass is 9.94. The number of aryl methyl sites for hydroxylation is 1. The number of nitrogens with zero attached hydrogens (tertiary/aromatic N) is 1. The predicted molar refractivity (Wildman–Crippen MR) is 104 cm³/mol. The van der Waals surface area contributed by atoms with Gasteiger partial charge in [0.2, 0.25) is 0 Å². The van der Waals surface area contributed by atoms with E-state index >= 15 is 0 Å². The topological polar surface area (TPSA) is 52.5 Å². The Morgan fingerprint density at radius 3 is 2.67 bits per heavy atom. The molecule has 138 valence electrons. The number of hydrogen-bond acceptors (Lipinski definition) is 3. The van der Waals surface area contributed by atoms with Gasteiger partial charge in [-0.2, -0.15) is 0 Å². The summed E-state index contributed by atoms with van der Waals surface area (Å²) in [6.45, 7) is 0. The van der Waals surface area contributed by atoms with Gasteiger partial charge >= 0.3 is 0 Å². The van der Waals surface area contributed by atoms with Crippen molar-refractivity contribution in [3.8, 4) is 11.5 Å². The number of amides is 1. The fraction of sp³-hybridized carbons (Fsp3) is 0.318. The predicted octanol–water partition coefficient (Wildman–Crippen LogP) is 4.86. The number of hydrogen-bond donors (Lipinski definition) is 1. The zero-order chi connectivity index (χ0) is 18.4. The molecule has 0 radical (unpaired) electrons. The molecule has 2 aliphatic rings. The van der Waals surface area contributed by atoms with E-state index in [4.69, 9.17) is 9.47 Å². The van der Waals surface area contributed by atoms with E-state index in [1.165, 1.54) is 6.42 Å². The number of ether oxygens (including phenoxy) is 2. The van der Waals surface area contributed by atoms with Crippen LogP contribution in [0, 0.1) is 0 Å². The van der Waals surface area contributed by atoms with Crippen LogP contribution in [-0.4, -0.2) is 16.3 Å². The molecule has 1 aromatic heterocycles. The van der Waals surface area contributed by atoms with Crippen LogP contribution in [0.1, 0.15) is 42.5 Å². The molecule has 1 fully saturated rings. The number of nitrogens with one attached hydrogen (secondary N) is 1. The maximum Gasteiger partial charge on any atom is 0.257 e. The lowest BCUT2D eigenvalue weighted by molar-refractivity contribution is -0.105. The van der Waals surface area contributed by atoms with Crippen molar-refractivity contribution >= 4 is 22.5 Å². The molecule has 1 saturated carbocycles. The van der Waals surface area contributed by atoms with Crippen LogP contribution < -0.4 is 14.8 Å². The highest BCUT2D eigenvalue weighted by Gasteiger charge is 2.42. The van der Waals surface area contributed by atoms with E-state index in [1.54, 1.807) is 0 Å². The monoisotopic (exact) mass is 362 g/mol. The molecule has 1 aliphatic carbocycles. The van der Waals surface area contributed by atoms with E-state index < -0.39 is 5.79 Å². The van der Waals surface area contributed by atoms with E-state index in [-0.39, 0.29) is 5.91 Å². The number of carbonyl (C=O) groups excluding carboxylic acids is 1. The van der Waals surface area contributed by atoms with Crippen LogP contribution in [0.25, 0.3) is 10.9 Å². The quantitative estimate of drug-likeness (QED) is 0.708. The van der Waals surface area contributed by atoms with Crippen LogP contribution in [0.5, 0.6) is 11.5 Å². The molecule has 1 N–H and O–H groups in total. The normalized spacial score (nSPS) is 17.4. The molecule has 0 bridgehead atoms. The first-order valence-electron chi connectivity index (χ1n) is 9.51. The van der Waals surface area contributed by atoms with Gasteiger partial charge in [0.05, 0.1) is 5.56 Å². The van der Waals surface area contributed by atoms with Gasteiger partial charge in [-0.15, -0.1) is 0 Å². The minimum Gasteiger partial charge on any atom is -0.448 e. The first-order chi connectivity index (χ1) is 13.1. The summed E-state index contributed by atoms with van der Waals surface area (Å²) in [6, 6.07) is 13.5. The zero-order valence-corrected chi connectivity index (χ0v) is 15.3. The van der Waals surface area contributed by atoms with Crippen LogP contribution in [-0.2, 0) is 7.05 Å². The van der Waals surface area contributed by atoms with Gasteiger partial charge in [-0.05, 0) is 31.0 Å². The Kier molecular flexibility index (Phi) is 3.64. The highest BCUT2D eigenvalue weighted by molar-refractivity contribution is 6.13. The Bertz CT molecular complexity index is 1030. The summed E-state index contributed by atoms with van der Waals surface area (Å²) < 4.78 is 14.2. The smallest absolute Gasteiger partial charge is 0.257 e. The van der Waals surface area contributed by atoms with E-state index in [2.05, 4.69) is 5.32 Å². The summed E-state index contributed by atoms with van der Waals surface area (Å²) in [4.78, 5) is 12.8. The third kappa shape index (κ3) is 2.74. The summed E-state index contributed by atoms with van der Waals surface area (Å²) >= 11 is 0. The van der Waals surface area contributed by atoms with Gasteiger partial charge in [0, 0.05) is 48.7 Å². The first-order valence-corrected chi connectivity index (χ1v) is 9.51. The Morgan fingerprint density at radius 2 is 1.81 bits per heavy atom. The third-order valence-corrected chi connectivity index (χ3v) is 5.55. The summed E-state index contributed by atoms with van der Waals surface area (Å²) in [5.74, 6) is 0.851. The molecular weight excluding hydrogens is 340 g/mol. The van der Waals surface area contributed by atoms with Crippen LogP contribution in [0.3, 0.4) is 0 Å². The molecular formula is C22H22N2O3. The number of aromatic nitrogens is 1. The SMILES string of the molecule is Cn1cc(C(=O)Nc2ccc3c(c2)OC2(CCCCC2)O3)c2ccccc21. The van der Waals surface area contributed by atoms with Crippen LogP contribution >= 0.6 is 0 Å². The molecule has 3 aromatic rings. The zero-order valence-electron chi connectivity index (χ0n) is 15.3. The van der Waals surface area contributed by atoms with Crippen molar-refractivity contribution in [3.63, 3.8) is 0 Å². The molecule has 2 heterocycles. The number of fused-ring (bicyclic) bond motifs is 2. The lowest BCUT2D eigenvalue weighted by Gasteiger charge is -2.31. The van der Waals surface area contributed by atoms with E-state index in [0.29, 0.717) is 17.0 Å². The average molecular weight is 362 g/mol. The number of rotatable bonds is 2. The van der Waals surface area contributed by atoms with Gasteiger partial charge in [-0.1, -0.05) is 24.6 Å². The highest BCUT2D eigenvalue weighted by atomic mass is 16.7. The Labute approximate surface area is 157 Å². The van der Waals surface area contributed by atoms with Crippen molar-refractivity contribution in [2.24, 2.45) is 7.05 Å². The average Bonchev–Trinajstić information content (AvgIpc) is 3.20. The van der Waals surface area contributed by atoms with E-state index in [1.807, 2.05) is 60.3 Å². The van der Waals surface area contributed by atoms with Crippen LogP contribution in [0.15, 0.2) is 48.7 Å². The summed E-state index contributed by atoms with van der Waals surface area (Å²) in [6.07, 6.45) is 7.18. The maximum absolute atomic E-state index is 12.8. The van der Waals surface area contributed by atoms with Crippen LogP contribution in [0.2, 0.25) is 0 Å². The Morgan fingerprint density at radius 1 is 1.04 bits per heavy atom. The fourth-order valence-electron chi connectivity index (χ4n) is 4.19. The first kappa shape index (κ1) is 16.2. The van der Waals surface area contributed by atoms with Gasteiger partial charge in [0.15, 0.2) is 11.5 Å². The van der Waals surface area contributed by atoms with Crippen molar-refractivity contribution < 1.29 is 14.3 Å². The van der Waals surface area contributed by atoms with Crippen molar-refractivity contribution in [1.82, 2.24) is 4.57 Å². The van der Waals surface area contributed by atoms with Gasteiger partial charge in [0.25, 0.3) is 11.7 Å². The third-order valence-electron chi connectivity index (χ3n) is 5.55. The summed E-state index contributed by atoms with van der Waals surface area (Å²) in [7, 11) is 1.95. The number of carbonyl (C=O) groups is 1. The molecule has 2 aromatic carbocycles. The molecule has 27 heavy (non-hydrogen) atoms. The largest absolute Gasteiger partial charge is 0.448 e. The lowest BCUT2D eigenvalue weighted by Crippen LogP contribution is -2.40. The van der Waals surface area contributed by atoms with Crippen molar-refractivity contribution in [2.75, 3.05) is 5.32 Å². The minimum atomic E-state index is -0.501. The summed E-state index contributed by atoms with van der Waals surface area (Å²) in [5.41, 5.74) is 2.41. The van der Waals surface area contributed by atoms with Gasteiger partial charge in [-0.25, -0.2) is 0 Å². The molecule has 0 saturated heterocycles. The second kappa shape index (κ2) is 6.05. The molecule has 0 unspecified atom stereocenters. The second-order valence-corrected chi connectivity index (χ2v) is 7.46. The fourth-order valence-corrected chi connectivity index (χ4v) is 4.19. The molecule has 5 nitrogen and oxygen atoms in total. The van der Waals surface area contributed by atoms with Gasteiger partial charge in [0.1, 0.15) is 0 Å². The molecule has 5 rings (SSSR count). The molecule has 1 amide bonds. The molecule has 1 aliphatic heterocycles. The van der Waals surface area contributed by atoms with E-state index in [9.17, 15) is 4.79 Å². The Hall–Kier alpha value is -2.95. The summed E-state index contributed by atoms with van der Waals surface area (Å²) in [5, 5.41) is 3.94. The van der Waals surface area contributed by atoms with Gasteiger partial charge in [-0.3, -0.25) is 4.79 Å². The van der Waals surface area contributed by atoms with Gasteiger partial charge < -0.3 is 19.4 Å². The standard InChI is InChI=1S/C22H22N2O3/c1-24-14-17(16-7-3-4-8-18(16)24)21(25)23-15-9-10-19-20(13-15)27-22(26-19)11-5-2-6-12-22/h3-4,7-10,13-14H,2,5-6,11-12H2,1H3,(H,23,25). The van der Waals surface area contributed by atoms with Crippen molar-refractivity contribution in [3.05, 3.63) is 54.2 Å². The van der Waals surface area contributed by atoms with Crippen LogP contribution in [0.4, 0.5) is 5.69 Å².